The summed E-state index contributed by atoms with van der Waals surface area (Å²) in [6.45, 7) is 2.92. The molecule has 7 nitrogen and oxygen atoms in total. The molecule has 3 fully saturated rings. The molecule has 31 heavy (non-hydrogen) atoms. The maximum atomic E-state index is 12.7. The Balaban J connectivity index is 0.000000339. The van der Waals surface area contributed by atoms with E-state index in [0.29, 0.717) is 37.8 Å². The Morgan fingerprint density at radius 1 is 1.23 bits per heavy atom. The number of carboxylic acids is 1. The molecule has 2 saturated heterocycles. The molecule has 1 saturated carbocycles. The van der Waals surface area contributed by atoms with Gasteiger partial charge in [-0.1, -0.05) is 18.9 Å². The first-order valence-corrected chi connectivity index (χ1v) is 12.0. The van der Waals surface area contributed by atoms with Crippen LogP contribution in [-0.2, 0) is 14.6 Å². The van der Waals surface area contributed by atoms with Crippen LogP contribution in [0.25, 0.3) is 0 Å². The summed E-state index contributed by atoms with van der Waals surface area (Å²) in [7, 11) is -3.01. The van der Waals surface area contributed by atoms with Crippen LogP contribution in [-0.4, -0.2) is 72.3 Å². The maximum Gasteiger partial charge on any atom is 0.490 e. The number of rotatable bonds is 5. The Morgan fingerprint density at radius 2 is 1.87 bits per heavy atom. The van der Waals surface area contributed by atoms with Gasteiger partial charge in [0.15, 0.2) is 9.84 Å². The maximum absolute atomic E-state index is 12.7. The fraction of sp³-hybridized carbons (Fsp3) is 0.700. The predicted molar refractivity (Wildman–Crippen MR) is 106 cm³/mol. The first kappa shape index (κ1) is 23.8. The summed E-state index contributed by atoms with van der Waals surface area (Å²) in [6.07, 6.45) is 2.62. The Labute approximate surface area is 179 Å². The van der Waals surface area contributed by atoms with Crippen LogP contribution in [0.3, 0.4) is 0 Å². The molecule has 1 unspecified atom stereocenters. The predicted octanol–water partition coefficient (Wildman–Crippen LogP) is 2.77. The van der Waals surface area contributed by atoms with E-state index >= 15 is 0 Å². The van der Waals surface area contributed by atoms with Gasteiger partial charge in [0, 0.05) is 37.8 Å². The Kier molecular flexibility index (Phi) is 7.14. The number of alkyl halides is 3. The van der Waals surface area contributed by atoms with E-state index in [1.165, 1.54) is 25.7 Å². The molecule has 1 N–H and O–H groups in total. The van der Waals surface area contributed by atoms with E-state index in [-0.39, 0.29) is 5.92 Å². The van der Waals surface area contributed by atoms with E-state index in [4.69, 9.17) is 14.6 Å². The normalized spacial score (nSPS) is 24.9. The molecule has 3 aliphatic rings. The number of carboxylic acid groups (broad SMARTS) is 1. The van der Waals surface area contributed by atoms with Crippen molar-refractivity contribution in [3.63, 3.8) is 0 Å². The van der Waals surface area contributed by atoms with E-state index < -0.39 is 26.7 Å². The van der Waals surface area contributed by atoms with Crippen LogP contribution in [0.4, 0.5) is 13.2 Å². The third-order valence-corrected chi connectivity index (χ3v) is 8.99. The number of sulfone groups is 1. The SMILES string of the molecule is O=C(O)C(F)(F)F.O=S1(=O)CCC(COc2ccccn2)C12CN(CC1CCCC1)C2. The molecule has 1 aromatic rings. The largest absolute Gasteiger partial charge is 0.490 e. The molecule has 2 aliphatic heterocycles. The van der Waals surface area contributed by atoms with Gasteiger partial charge in [-0.2, -0.15) is 13.2 Å². The van der Waals surface area contributed by atoms with Gasteiger partial charge in [-0.3, -0.25) is 4.90 Å². The highest BCUT2D eigenvalue weighted by molar-refractivity contribution is 7.93. The molecular formula is C20H27F3N2O5S. The molecule has 1 aliphatic carbocycles. The van der Waals surface area contributed by atoms with Crippen LogP contribution in [0.15, 0.2) is 24.4 Å². The quantitative estimate of drug-likeness (QED) is 0.716. The number of halogens is 3. The second-order valence-corrected chi connectivity index (χ2v) is 10.9. The summed E-state index contributed by atoms with van der Waals surface area (Å²) in [4.78, 5) is 15.4. The Morgan fingerprint density at radius 3 is 2.42 bits per heavy atom. The number of carbonyl (C=O) groups is 1. The highest BCUT2D eigenvalue weighted by Crippen LogP contribution is 2.45. The van der Waals surface area contributed by atoms with Crippen LogP contribution in [0.5, 0.6) is 5.88 Å². The monoisotopic (exact) mass is 464 g/mol. The number of pyridine rings is 1. The van der Waals surface area contributed by atoms with Crippen molar-refractivity contribution in [2.75, 3.05) is 32.0 Å². The highest BCUT2D eigenvalue weighted by atomic mass is 32.2. The lowest BCUT2D eigenvalue weighted by atomic mass is 9.83. The smallest absolute Gasteiger partial charge is 0.477 e. The number of hydrogen-bond acceptors (Lipinski definition) is 6. The van der Waals surface area contributed by atoms with Crippen molar-refractivity contribution in [1.82, 2.24) is 9.88 Å². The van der Waals surface area contributed by atoms with E-state index in [0.717, 1.165) is 12.5 Å². The minimum Gasteiger partial charge on any atom is -0.477 e. The van der Waals surface area contributed by atoms with E-state index in [1.807, 2.05) is 18.2 Å². The van der Waals surface area contributed by atoms with Crippen molar-refractivity contribution in [2.24, 2.45) is 11.8 Å². The van der Waals surface area contributed by atoms with E-state index in [1.54, 1.807) is 6.20 Å². The number of hydrogen-bond donors (Lipinski definition) is 1. The van der Waals surface area contributed by atoms with Gasteiger partial charge in [0.05, 0.1) is 12.4 Å². The molecule has 4 rings (SSSR count). The fourth-order valence-electron chi connectivity index (χ4n) is 4.72. The lowest BCUT2D eigenvalue weighted by Crippen LogP contribution is -2.68. The summed E-state index contributed by atoms with van der Waals surface area (Å²) in [6, 6.07) is 5.56. The van der Waals surface area contributed by atoms with Crippen molar-refractivity contribution in [3.8, 4) is 5.88 Å². The average molecular weight is 465 g/mol. The second-order valence-electron chi connectivity index (χ2n) is 8.47. The third-order valence-electron chi connectivity index (χ3n) is 6.38. The minimum absolute atomic E-state index is 0.0873. The minimum atomic E-state index is -5.08. The molecule has 0 radical (unpaired) electrons. The molecule has 174 valence electrons. The number of nitrogens with zero attached hydrogens (tertiary/aromatic N) is 2. The van der Waals surface area contributed by atoms with Crippen LogP contribution in [0, 0.1) is 11.8 Å². The summed E-state index contributed by atoms with van der Waals surface area (Å²) in [5.41, 5.74) is 0. The first-order valence-electron chi connectivity index (χ1n) is 10.3. The molecule has 1 atom stereocenters. The van der Waals surface area contributed by atoms with Crippen LogP contribution >= 0.6 is 0 Å². The lowest BCUT2D eigenvalue weighted by Gasteiger charge is -2.50. The van der Waals surface area contributed by atoms with Gasteiger partial charge >= 0.3 is 12.1 Å². The summed E-state index contributed by atoms with van der Waals surface area (Å²) >= 11 is 0. The first-order chi connectivity index (χ1) is 14.5. The lowest BCUT2D eigenvalue weighted by molar-refractivity contribution is -0.192. The van der Waals surface area contributed by atoms with Crippen molar-refractivity contribution in [1.29, 1.82) is 0 Å². The standard InChI is InChI=1S/C18H26N2O3S.C2HF3O2/c21-24(22)10-8-16(12-23-17-7-3-4-9-19-17)18(24)13-20(14-18)11-15-5-1-2-6-15;3-2(4,5)1(6)7/h3-4,7,9,15-16H,1-2,5-6,8,10-14H2;(H,6,7). The van der Waals surface area contributed by atoms with E-state index in [2.05, 4.69) is 9.88 Å². The van der Waals surface area contributed by atoms with Crippen molar-refractivity contribution in [2.45, 2.75) is 43.0 Å². The second kappa shape index (κ2) is 9.32. The van der Waals surface area contributed by atoms with Crippen LogP contribution < -0.4 is 4.74 Å². The average Bonchev–Trinajstić information content (AvgIpc) is 3.27. The van der Waals surface area contributed by atoms with Gasteiger partial charge in [0.25, 0.3) is 0 Å². The Hall–Kier alpha value is -1.88. The van der Waals surface area contributed by atoms with Gasteiger partial charge < -0.3 is 9.84 Å². The van der Waals surface area contributed by atoms with Gasteiger partial charge in [0.1, 0.15) is 4.75 Å². The number of ether oxygens (including phenoxy) is 1. The zero-order valence-corrected chi connectivity index (χ0v) is 17.9. The van der Waals surface area contributed by atoms with Crippen LogP contribution in [0.2, 0.25) is 0 Å². The molecule has 0 bridgehead atoms. The van der Waals surface area contributed by atoms with Crippen molar-refractivity contribution in [3.05, 3.63) is 24.4 Å². The summed E-state index contributed by atoms with van der Waals surface area (Å²) in [5, 5.41) is 7.12. The zero-order chi connectivity index (χ0) is 22.7. The molecule has 0 amide bonds. The molecular weight excluding hydrogens is 437 g/mol. The van der Waals surface area contributed by atoms with Gasteiger partial charge in [-0.25, -0.2) is 18.2 Å². The molecule has 11 heteroatoms. The van der Waals surface area contributed by atoms with Crippen molar-refractivity contribution >= 4 is 15.8 Å². The van der Waals surface area contributed by atoms with Gasteiger partial charge in [-0.15, -0.1) is 0 Å². The summed E-state index contributed by atoms with van der Waals surface area (Å²) < 4.78 is 62.3. The topological polar surface area (TPSA) is 96.8 Å². The molecule has 1 spiro atoms. The third kappa shape index (κ3) is 5.49. The zero-order valence-electron chi connectivity index (χ0n) is 17.1. The molecule has 1 aromatic heterocycles. The molecule has 0 aromatic carbocycles. The molecule has 3 heterocycles. The number of likely N-dealkylation sites (tertiary alicyclic amines) is 1. The highest BCUT2D eigenvalue weighted by Gasteiger charge is 2.61. The van der Waals surface area contributed by atoms with Crippen LogP contribution in [0.1, 0.15) is 32.1 Å². The number of aromatic nitrogens is 1. The van der Waals surface area contributed by atoms with E-state index in [9.17, 15) is 21.6 Å². The number of aliphatic carboxylic acids is 1. The van der Waals surface area contributed by atoms with Crippen molar-refractivity contribution < 1.29 is 36.2 Å². The van der Waals surface area contributed by atoms with Gasteiger partial charge in [0.2, 0.25) is 5.88 Å². The Bertz CT molecular complexity index is 851. The fourth-order valence-corrected chi connectivity index (χ4v) is 7.18. The summed E-state index contributed by atoms with van der Waals surface area (Å²) in [5.74, 6) is -1.01. The van der Waals surface area contributed by atoms with Gasteiger partial charge in [-0.05, 0) is 31.2 Å².